The lowest BCUT2D eigenvalue weighted by atomic mass is 9.70. The van der Waals surface area contributed by atoms with Gasteiger partial charge in [-0.25, -0.2) is 0 Å². The van der Waals surface area contributed by atoms with E-state index in [0.29, 0.717) is 27.4 Å². The number of fused-ring (bicyclic) bond motifs is 2. The van der Waals surface area contributed by atoms with Gasteiger partial charge in [0.2, 0.25) is 5.17 Å². The summed E-state index contributed by atoms with van der Waals surface area (Å²) in [7, 11) is 0. The number of phenols is 1. The Balaban J connectivity index is 1.35. The molecule has 0 spiro atoms. The number of hydrogen-bond donors (Lipinski definition) is 1. The SMILES string of the molecule is CC12CCC(CC1=NN=C1SC(=Cc3ccc(-c4ccccc4)o3)C(=O)N1c1ccc(O)cc1)C2(C)C. The van der Waals surface area contributed by atoms with Crippen LogP contribution in [0.15, 0.2) is 86.3 Å². The van der Waals surface area contributed by atoms with Crippen molar-refractivity contribution in [2.24, 2.45) is 27.0 Å². The van der Waals surface area contributed by atoms with Crippen LogP contribution < -0.4 is 4.90 Å². The van der Waals surface area contributed by atoms with E-state index in [9.17, 15) is 9.90 Å². The molecule has 1 saturated heterocycles. The molecule has 1 N–H and O–H groups in total. The first-order valence-corrected chi connectivity index (χ1v) is 13.4. The predicted octanol–water partition coefficient (Wildman–Crippen LogP) is 7.33. The van der Waals surface area contributed by atoms with Crippen molar-refractivity contribution in [2.75, 3.05) is 4.90 Å². The molecule has 3 aliphatic rings. The number of hydrogen-bond acceptors (Lipinski definition) is 6. The summed E-state index contributed by atoms with van der Waals surface area (Å²) in [4.78, 5) is 15.6. The summed E-state index contributed by atoms with van der Waals surface area (Å²) < 4.78 is 6.02. The molecule has 6 nitrogen and oxygen atoms in total. The first kappa shape index (κ1) is 23.8. The molecule has 1 amide bonds. The van der Waals surface area contributed by atoms with Crippen molar-refractivity contribution in [1.82, 2.24) is 0 Å². The molecule has 2 saturated carbocycles. The molecular weight excluding hydrogens is 482 g/mol. The average Bonchev–Trinajstić information content (AvgIpc) is 3.59. The Morgan fingerprint density at radius 2 is 1.78 bits per heavy atom. The minimum Gasteiger partial charge on any atom is -0.508 e. The molecular formula is C30H29N3O3S. The number of aromatic hydroxyl groups is 1. The van der Waals surface area contributed by atoms with E-state index in [-0.39, 0.29) is 22.5 Å². The quantitative estimate of drug-likeness (QED) is 0.294. The van der Waals surface area contributed by atoms with Crippen LogP contribution in [0.5, 0.6) is 5.75 Å². The van der Waals surface area contributed by atoms with Crippen LogP contribution in [-0.4, -0.2) is 21.9 Å². The Kier molecular flexibility index (Phi) is 5.64. The molecule has 37 heavy (non-hydrogen) atoms. The normalized spacial score (nSPS) is 27.8. The fourth-order valence-electron chi connectivity index (χ4n) is 5.87. The number of anilines is 1. The van der Waals surface area contributed by atoms with Crippen molar-refractivity contribution in [3.05, 3.63) is 77.4 Å². The van der Waals surface area contributed by atoms with Gasteiger partial charge in [0.15, 0.2) is 0 Å². The van der Waals surface area contributed by atoms with Crippen LogP contribution >= 0.6 is 11.8 Å². The first-order chi connectivity index (χ1) is 17.8. The summed E-state index contributed by atoms with van der Waals surface area (Å²) >= 11 is 1.29. The van der Waals surface area contributed by atoms with Crippen LogP contribution in [0.3, 0.4) is 0 Å². The fourth-order valence-corrected chi connectivity index (χ4v) is 6.78. The van der Waals surface area contributed by atoms with Gasteiger partial charge in [0, 0.05) is 22.8 Å². The van der Waals surface area contributed by atoms with Crippen molar-refractivity contribution in [3.8, 4) is 17.1 Å². The molecule has 188 valence electrons. The Morgan fingerprint density at radius 1 is 1.03 bits per heavy atom. The summed E-state index contributed by atoms with van der Waals surface area (Å²) in [5, 5.41) is 19.7. The van der Waals surface area contributed by atoms with Crippen LogP contribution in [0.2, 0.25) is 0 Å². The highest BCUT2D eigenvalue weighted by Crippen LogP contribution is 2.64. The van der Waals surface area contributed by atoms with Gasteiger partial charge in [0.25, 0.3) is 5.91 Å². The lowest BCUT2D eigenvalue weighted by Gasteiger charge is -2.34. The molecule has 6 rings (SSSR count). The van der Waals surface area contributed by atoms with Crippen molar-refractivity contribution < 1.29 is 14.3 Å². The van der Waals surface area contributed by atoms with Gasteiger partial charge in [-0.15, -0.1) is 5.10 Å². The van der Waals surface area contributed by atoms with E-state index in [1.807, 2.05) is 42.5 Å². The zero-order chi connectivity index (χ0) is 25.8. The zero-order valence-corrected chi connectivity index (χ0v) is 22.0. The Morgan fingerprint density at radius 3 is 2.46 bits per heavy atom. The average molecular weight is 512 g/mol. The molecule has 1 aliphatic heterocycles. The summed E-state index contributed by atoms with van der Waals surface area (Å²) in [5.41, 5.74) is 2.95. The van der Waals surface area contributed by atoms with Crippen LogP contribution in [0.1, 0.15) is 45.8 Å². The lowest BCUT2D eigenvalue weighted by molar-refractivity contribution is -0.113. The van der Waals surface area contributed by atoms with Gasteiger partial charge in [-0.05, 0) is 78.8 Å². The fraction of sp³-hybridized carbons (Fsp3) is 0.300. The number of benzene rings is 2. The minimum atomic E-state index is -0.202. The van der Waals surface area contributed by atoms with Gasteiger partial charge in [-0.1, -0.05) is 51.1 Å². The van der Waals surface area contributed by atoms with E-state index in [1.165, 1.54) is 18.2 Å². The second kappa shape index (κ2) is 8.77. The second-order valence-electron chi connectivity index (χ2n) is 10.8. The number of amidine groups is 1. The third-order valence-corrected chi connectivity index (χ3v) is 9.60. The second-order valence-corrected chi connectivity index (χ2v) is 11.8. The Bertz CT molecular complexity index is 1450. The van der Waals surface area contributed by atoms with Crippen LogP contribution in [-0.2, 0) is 4.79 Å². The molecule has 0 radical (unpaired) electrons. The molecule has 7 heteroatoms. The maximum Gasteiger partial charge on any atom is 0.271 e. The number of phenolic OH excluding ortho intramolecular Hbond substituents is 1. The third-order valence-electron chi connectivity index (χ3n) is 8.64. The van der Waals surface area contributed by atoms with Crippen LogP contribution in [0, 0.1) is 16.7 Å². The molecule has 2 aliphatic carbocycles. The van der Waals surface area contributed by atoms with Crippen LogP contribution in [0.4, 0.5) is 5.69 Å². The standard InChI is InChI=1S/C30H29N3O3S/c1-29(2)20-15-16-30(29,3)26(17-20)31-32-28-33(21-9-11-22(34)12-10-21)27(35)25(37-28)18-23-13-14-24(36-23)19-7-5-4-6-8-19/h4-14,18,20,34H,15-17H2,1-3H3. The van der Waals surface area contributed by atoms with E-state index in [4.69, 9.17) is 9.52 Å². The molecule has 3 aromatic rings. The van der Waals surface area contributed by atoms with Gasteiger partial charge in [-0.2, -0.15) is 5.10 Å². The maximum atomic E-state index is 13.6. The van der Waals surface area contributed by atoms with Gasteiger partial charge >= 0.3 is 0 Å². The molecule has 3 fully saturated rings. The third kappa shape index (κ3) is 3.93. The van der Waals surface area contributed by atoms with E-state index in [0.717, 1.165) is 29.9 Å². The topological polar surface area (TPSA) is 78.4 Å². The zero-order valence-electron chi connectivity index (χ0n) is 21.1. The summed E-state index contributed by atoms with van der Waals surface area (Å²) in [6.07, 6.45) is 5.06. The van der Waals surface area contributed by atoms with Gasteiger partial charge in [-0.3, -0.25) is 9.69 Å². The number of amides is 1. The highest BCUT2D eigenvalue weighted by Gasteiger charge is 2.60. The number of furan rings is 1. The molecule has 2 heterocycles. The van der Waals surface area contributed by atoms with Crippen molar-refractivity contribution in [3.63, 3.8) is 0 Å². The van der Waals surface area contributed by atoms with Crippen LogP contribution in [0.25, 0.3) is 17.4 Å². The van der Waals surface area contributed by atoms with Gasteiger partial charge < -0.3 is 9.52 Å². The minimum absolute atomic E-state index is 0.0268. The van der Waals surface area contributed by atoms with Crippen molar-refractivity contribution >= 4 is 40.3 Å². The van der Waals surface area contributed by atoms with Gasteiger partial charge in [0.05, 0.1) is 10.6 Å². The smallest absolute Gasteiger partial charge is 0.271 e. The van der Waals surface area contributed by atoms with Crippen molar-refractivity contribution in [2.45, 2.75) is 40.0 Å². The highest BCUT2D eigenvalue weighted by molar-refractivity contribution is 8.19. The highest BCUT2D eigenvalue weighted by atomic mass is 32.2. The molecule has 2 atom stereocenters. The van der Waals surface area contributed by atoms with E-state index in [1.54, 1.807) is 35.2 Å². The number of carbonyl (C=O) groups excluding carboxylic acids is 1. The largest absolute Gasteiger partial charge is 0.508 e. The Hall–Kier alpha value is -3.58. The van der Waals surface area contributed by atoms with Gasteiger partial charge in [0.1, 0.15) is 17.3 Å². The molecule has 2 unspecified atom stereocenters. The van der Waals surface area contributed by atoms with E-state index in [2.05, 4.69) is 25.9 Å². The lowest BCUT2D eigenvalue weighted by Crippen LogP contribution is -2.32. The van der Waals surface area contributed by atoms with E-state index < -0.39 is 0 Å². The van der Waals surface area contributed by atoms with Crippen molar-refractivity contribution in [1.29, 1.82) is 0 Å². The summed E-state index contributed by atoms with van der Waals surface area (Å²) in [6.45, 7) is 6.98. The molecule has 1 aromatic heterocycles. The summed E-state index contributed by atoms with van der Waals surface area (Å²) in [6, 6.07) is 20.2. The number of thioether (sulfide) groups is 1. The maximum absolute atomic E-state index is 13.6. The van der Waals surface area contributed by atoms with E-state index >= 15 is 0 Å². The Labute approximate surface area is 220 Å². The summed E-state index contributed by atoms with van der Waals surface area (Å²) in [5.74, 6) is 1.89. The molecule has 2 aromatic carbocycles. The first-order valence-electron chi connectivity index (χ1n) is 12.6. The number of rotatable bonds is 4. The molecule has 2 bridgehead atoms. The monoisotopic (exact) mass is 511 g/mol. The predicted molar refractivity (Wildman–Crippen MR) is 149 cm³/mol. The number of nitrogens with zero attached hydrogens (tertiary/aromatic N) is 3. The number of carbonyl (C=O) groups is 1.